The fraction of sp³-hybridized carbons (Fsp3) is 0.474. The average Bonchev–Trinajstić information content (AvgIpc) is 2.69. The number of nitrogens with two attached hydrogens (primary N) is 1. The van der Waals surface area contributed by atoms with E-state index in [4.69, 9.17) is 10.5 Å². The van der Waals surface area contributed by atoms with Gasteiger partial charge in [-0.2, -0.15) is 0 Å². The second-order valence-electron chi connectivity index (χ2n) is 7.24. The second kappa shape index (κ2) is 9.69. The molecule has 5 N–H and O–H groups in total. The molecule has 0 radical (unpaired) electrons. The predicted molar refractivity (Wildman–Crippen MR) is 105 cm³/mol. The maximum atomic E-state index is 13.6. The molecule has 0 spiro atoms. The van der Waals surface area contributed by atoms with E-state index in [0.717, 1.165) is 25.3 Å². The molecule has 1 saturated heterocycles. The summed E-state index contributed by atoms with van der Waals surface area (Å²) in [5, 5.41) is 6.97. The van der Waals surface area contributed by atoms with E-state index in [1.807, 2.05) is 0 Å². The van der Waals surface area contributed by atoms with Crippen molar-refractivity contribution >= 4 is 35.1 Å². The van der Waals surface area contributed by atoms with Gasteiger partial charge in [-0.1, -0.05) is 0 Å². The van der Waals surface area contributed by atoms with Crippen molar-refractivity contribution in [3.63, 3.8) is 0 Å². The van der Waals surface area contributed by atoms with Crippen LogP contribution in [0.5, 0.6) is 0 Å². The van der Waals surface area contributed by atoms with Crippen LogP contribution in [0.4, 0.5) is 25.0 Å². The van der Waals surface area contributed by atoms with Gasteiger partial charge in [-0.25, -0.2) is 13.6 Å². The standard InChI is InChI=1S/C19H23F2N5O5/c20-16(21)12-8-11(26-6-7-31-9-14(26)27)4-5-13(12)24-18(29)15(17(22)28)25-19(30)23-10-2-1-3-10/h4-5,8,10,15-16H,1-3,6-7,9H2,(H2,22,28)(H,24,29)(H2,23,25,30)/t15-/m0/s1. The van der Waals surface area contributed by atoms with Crippen LogP contribution in [0.1, 0.15) is 31.3 Å². The first-order valence-corrected chi connectivity index (χ1v) is 9.73. The smallest absolute Gasteiger partial charge is 0.316 e. The number of carbonyl (C=O) groups is 4. The molecule has 2 aliphatic rings. The average molecular weight is 439 g/mol. The highest BCUT2D eigenvalue weighted by Gasteiger charge is 2.30. The summed E-state index contributed by atoms with van der Waals surface area (Å²) < 4.78 is 32.3. The van der Waals surface area contributed by atoms with Crippen LogP contribution >= 0.6 is 0 Å². The third-order valence-electron chi connectivity index (χ3n) is 5.09. The number of morpholine rings is 1. The van der Waals surface area contributed by atoms with Gasteiger partial charge in [0.2, 0.25) is 5.91 Å². The number of carbonyl (C=O) groups excluding carboxylic acids is 4. The van der Waals surface area contributed by atoms with Gasteiger partial charge in [0.25, 0.3) is 18.2 Å². The van der Waals surface area contributed by atoms with Crippen molar-refractivity contribution in [1.29, 1.82) is 0 Å². The van der Waals surface area contributed by atoms with Crippen LogP contribution < -0.4 is 26.6 Å². The lowest BCUT2D eigenvalue weighted by molar-refractivity contribution is -0.128. The highest BCUT2D eigenvalue weighted by atomic mass is 19.3. The molecule has 12 heteroatoms. The fourth-order valence-electron chi connectivity index (χ4n) is 3.18. The van der Waals surface area contributed by atoms with E-state index >= 15 is 0 Å². The van der Waals surface area contributed by atoms with Gasteiger partial charge >= 0.3 is 6.03 Å². The Morgan fingerprint density at radius 2 is 1.97 bits per heavy atom. The van der Waals surface area contributed by atoms with Crippen LogP contribution in [0.2, 0.25) is 0 Å². The quantitative estimate of drug-likeness (QED) is 0.461. The molecule has 10 nitrogen and oxygen atoms in total. The number of halogens is 2. The zero-order valence-corrected chi connectivity index (χ0v) is 16.5. The maximum Gasteiger partial charge on any atom is 0.316 e. The number of anilines is 2. The van der Waals surface area contributed by atoms with Crippen LogP contribution in [0.25, 0.3) is 0 Å². The molecular weight excluding hydrogens is 416 g/mol. The largest absolute Gasteiger partial charge is 0.370 e. The van der Waals surface area contributed by atoms with Gasteiger partial charge in [-0.05, 0) is 37.5 Å². The van der Waals surface area contributed by atoms with E-state index < -0.39 is 35.9 Å². The molecule has 1 aliphatic heterocycles. The van der Waals surface area contributed by atoms with Crippen molar-refractivity contribution in [2.75, 3.05) is 30.0 Å². The Labute approximate surface area is 176 Å². The van der Waals surface area contributed by atoms with Crippen molar-refractivity contribution in [2.45, 2.75) is 37.8 Å². The van der Waals surface area contributed by atoms with Gasteiger partial charge < -0.3 is 31.3 Å². The van der Waals surface area contributed by atoms with Crippen molar-refractivity contribution in [3.05, 3.63) is 23.8 Å². The Morgan fingerprint density at radius 1 is 1.23 bits per heavy atom. The summed E-state index contributed by atoms with van der Waals surface area (Å²) in [5.74, 6) is -2.58. The molecule has 0 bridgehead atoms. The Balaban J connectivity index is 1.74. The minimum absolute atomic E-state index is 0.0440. The lowest BCUT2D eigenvalue weighted by Gasteiger charge is -2.28. The Hall–Kier alpha value is -3.28. The first-order chi connectivity index (χ1) is 14.8. The van der Waals surface area contributed by atoms with E-state index in [0.29, 0.717) is 0 Å². The number of hydrogen-bond acceptors (Lipinski definition) is 5. The summed E-state index contributed by atoms with van der Waals surface area (Å²) >= 11 is 0. The van der Waals surface area contributed by atoms with E-state index in [-0.39, 0.29) is 43.1 Å². The summed E-state index contributed by atoms with van der Waals surface area (Å²) in [4.78, 5) is 49.4. The molecule has 2 fully saturated rings. The van der Waals surface area contributed by atoms with Crippen molar-refractivity contribution in [3.8, 4) is 0 Å². The number of hydrogen-bond donors (Lipinski definition) is 4. The minimum Gasteiger partial charge on any atom is -0.370 e. The lowest BCUT2D eigenvalue weighted by atomic mass is 9.93. The van der Waals surface area contributed by atoms with Gasteiger partial charge in [-0.3, -0.25) is 14.4 Å². The zero-order valence-electron chi connectivity index (χ0n) is 16.5. The van der Waals surface area contributed by atoms with Crippen LogP contribution in [-0.4, -0.2) is 55.6 Å². The molecule has 1 saturated carbocycles. The van der Waals surface area contributed by atoms with E-state index in [1.54, 1.807) is 0 Å². The van der Waals surface area contributed by atoms with Crippen molar-refractivity contribution in [1.82, 2.24) is 10.6 Å². The predicted octanol–water partition coefficient (Wildman–Crippen LogP) is 0.631. The molecule has 1 atom stereocenters. The lowest BCUT2D eigenvalue weighted by Crippen LogP contribution is -2.56. The van der Waals surface area contributed by atoms with Crippen LogP contribution in [-0.2, 0) is 19.1 Å². The van der Waals surface area contributed by atoms with Gasteiger partial charge in [0.15, 0.2) is 6.04 Å². The number of amides is 5. The number of primary amides is 1. The maximum absolute atomic E-state index is 13.6. The Kier molecular flexibility index (Phi) is 7.00. The topological polar surface area (TPSA) is 143 Å². The number of rotatable bonds is 7. The number of alkyl halides is 2. The number of nitrogens with one attached hydrogen (secondary N) is 3. The highest BCUT2D eigenvalue weighted by Crippen LogP contribution is 2.32. The van der Waals surface area contributed by atoms with Crippen molar-refractivity contribution in [2.24, 2.45) is 5.73 Å². The van der Waals surface area contributed by atoms with Gasteiger partial charge in [0.1, 0.15) is 6.61 Å². The second-order valence-corrected chi connectivity index (χ2v) is 7.24. The van der Waals surface area contributed by atoms with Gasteiger partial charge in [-0.15, -0.1) is 0 Å². The first kappa shape index (κ1) is 22.4. The fourth-order valence-corrected chi connectivity index (χ4v) is 3.18. The van der Waals surface area contributed by atoms with Crippen LogP contribution in [0.15, 0.2) is 18.2 Å². The molecule has 1 aliphatic carbocycles. The van der Waals surface area contributed by atoms with E-state index in [2.05, 4.69) is 16.0 Å². The first-order valence-electron chi connectivity index (χ1n) is 9.73. The van der Waals surface area contributed by atoms with E-state index in [9.17, 15) is 28.0 Å². The molecule has 5 amide bonds. The minimum atomic E-state index is -2.98. The summed E-state index contributed by atoms with van der Waals surface area (Å²) in [7, 11) is 0. The molecule has 0 unspecified atom stereocenters. The van der Waals surface area contributed by atoms with Gasteiger partial charge in [0, 0.05) is 29.5 Å². The normalized spacial score (nSPS) is 17.6. The van der Waals surface area contributed by atoms with Gasteiger partial charge in [0.05, 0.1) is 6.61 Å². The summed E-state index contributed by atoms with van der Waals surface area (Å²) in [6.45, 7) is 0.317. The monoisotopic (exact) mass is 439 g/mol. The highest BCUT2D eigenvalue weighted by molar-refractivity contribution is 6.11. The molecule has 168 valence electrons. The number of ether oxygens (including phenoxy) is 1. The molecule has 1 aromatic carbocycles. The number of benzene rings is 1. The Morgan fingerprint density at radius 3 is 2.55 bits per heavy atom. The van der Waals surface area contributed by atoms with Crippen molar-refractivity contribution < 1.29 is 32.7 Å². The summed E-state index contributed by atoms with van der Waals surface area (Å²) in [6, 6.07) is 1.12. The SMILES string of the molecule is NC(=O)[C@H](NC(=O)NC1CCC1)C(=O)Nc1ccc(N2CCOCC2=O)cc1C(F)F. The van der Waals surface area contributed by atoms with E-state index in [1.165, 1.54) is 17.0 Å². The van der Waals surface area contributed by atoms with Crippen LogP contribution in [0.3, 0.4) is 0 Å². The Bertz CT molecular complexity index is 877. The molecule has 1 aromatic rings. The molecule has 1 heterocycles. The zero-order chi connectivity index (χ0) is 22.5. The third-order valence-corrected chi connectivity index (χ3v) is 5.09. The number of nitrogens with zero attached hydrogens (tertiary/aromatic N) is 1. The summed E-state index contributed by atoms with van der Waals surface area (Å²) in [5.41, 5.74) is 4.62. The molecule has 3 rings (SSSR count). The molecule has 0 aromatic heterocycles. The number of urea groups is 1. The van der Waals surface area contributed by atoms with Crippen LogP contribution in [0, 0.1) is 0 Å². The third kappa shape index (κ3) is 5.45. The molecular formula is C19H23F2N5O5. The molecule has 31 heavy (non-hydrogen) atoms. The summed E-state index contributed by atoms with van der Waals surface area (Å²) in [6.07, 6.45) is -0.436.